The molecule has 0 atom stereocenters. The number of ether oxygens (including phenoxy) is 1. The van der Waals surface area contributed by atoms with Gasteiger partial charge >= 0.3 is 0 Å². The van der Waals surface area contributed by atoms with Crippen LogP contribution in [0.25, 0.3) is 11.3 Å². The Morgan fingerprint density at radius 1 is 1.36 bits per heavy atom. The zero-order valence-electron chi connectivity index (χ0n) is 13.7. The van der Waals surface area contributed by atoms with Crippen LogP contribution in [0.1, 0.15) is 30.7 Å². The summed E-state index contributed by atoms with van der Waals surface area (Å²) in [5, 5.41) is 3.54. The molecule has 0 unspecified atom stereocenters. The number of benzene rings is 1. The standard InChI is InChI=1S/C17H22N2O2S/c1-10(2)8-15(20)18-17-19-16(12(4)22-17)13-6-7-14(21-5)11(3)9-13/h6-7,9-10H,8H2,1-5H3,(H,18,19,20). The van der Waals surface area contributed by atoms with Crippen LogP contribution in [0.4, 0.5) is 5.13 Å². The Morgan fingerprint density at radius 2 is 2.09 bits per heavy atom. The Hall–Kier alpha value is -1.88. The normalized spacial score (nSPS) is 10.8. The molecule has 2 rings (SSSR count). The van der Waals surface area contributed by atoms with Crippen molar-refractivity contribution in [2.24, 2.45) is 5.92 Å². The van der Waals surface area contributed by atoms with E-state index in [4.69, 9.17) is 4.74 Å². The lowest BCUT2D eigenvalue weighted by molar-refractivity contribution is -0.116. The van der Waals surface area contributed by atoms with E-state index in [1.54, 1.807) is 7.11 Å². The van der Waals surface area contributed by atoms with Crippen LogP contribution in [0, 0.1) is 19.8 Å². The minimum Gasteiger partial charge on any atom is -0.496 e. The van der Waals surface area contributed by atoms with E-state index in [0.717, 1.165) is 27.4 Å². The minimum absolute atomic E-state index is 0.0150. The Morgan fingerprint density at radius 3 is 2.68 bits per heavy atom. The van der Waals surface area contributed by atoms with Crippen molar-refractivity contribution in [1.82, 2.24) is 4.98 Å². The highest BCUT2D eigenvalue weighted by molar-refractivity contribution is 7.16. The second-order valence-corrected chi connectivity index (χ2v) is 6.96. The Labute approximate surface area is 135 Å². The van der Waals surface area contributed by atoms with Gasteiger partial charge in [-0.25, -0.2) is 4.98 Å². The second-order valence-electron chi connectivity index (χ2n) is 5.75. The molecule has 22 heavy (non-hydrogen) atoms. The summed E-state index contributed by atoms with van der Waals surface area (Å²) < 4.78 is 5.29. The van der Waals surface area contributed by atoms with E-state index < -0.39 is 0 Å². The third-order valence-corrected chi connectivity index (χ3v) is 4.19. The molecule has 1 aromatic heterocycles. The zero-order chi connectivity index (χ0) is 16.3. The van der Waals surface area contributed by atoms with Gasteiger partial charge in [0.2, 0.25) is 5.91 Å². The number of nitrogens with one attached hydrogen (secondary N) is 1. The smallest absolute Gasteiger partial charge is 0.226 e. The highest BCUT2D eigenvalue weighted by atomic mass is 32.1. The number of aromatic nitrogens is 1. The van der Waals surface area contributed by atoms with Crippen LogP contribution in [0.3, 0.4) is 0 Å². The third kappa shape index (κ3) is 3.85. The summed E-state index contributed by atoms with van der Waals surface area (Å²) in [7, 11) is 1.67. The van der Waals surface area contributed by atoms with Crippen LogP contribution >= 0.6 is 11.3 Å². The van der Waals surface area contributed by atoms with E-state index in [0.29, 0.717) is 17.5 Å². The van der Waals surface area contributed by atoms with E-state index in [-0.39, 0.29) is 5.91 Å². The summed E-state index contributed by atoms with van der Waals surface area (Å²) in [6.45, 7) is 8.08. The molecule has 0 fully saturated rings. The van der Waals surface area contributed by atoms with Crippen LogP contribution in [0.5, 0.6) is 5.75 Å². The summed E-state index contributed by atoms with van der Waals surface area (Å²) >= 11 is 1.51. The molecule has 0 aliphatic heterocycles. The predicted octanol–water partition coefficient (Wildman–Crippen LogP) is 4.42. The molecule has 0 spiro atoms. The first-order chi connectivity index (χ1) is 10.4. The van der Waals surface area contributed by atoms with Crippen molar-refractivity contribution in [2.75, 3.05) is 12.4 Å². The fraction of sp³-hybridized carbons (Fsp3) is 0.412. The van der Waals surface area contributed by atoms with Crippen molar-refractivity contribution >= 4 is 22.4 Å². The quantitative estimate of drug-likeness (QED) is 0.888. The SMILES string of the molecule is COc1ccc(-c2nc(NC(=O)CC(C)C)sc2C)cc1C. The molecule has 0 bridgehead atoms. The first kappa shape index (κ1) is 16.5. The molecule has 1 aromatic carbocycles. The summed E-state index contributed by atoms with van der Waals surface area (Å²) in [4.78, 5) is 17.5. The van der Waals surface area contributed by atoms with Gasteiger partial charge in [0.05, 0.1) is 12.8 Å². The molecular formula is C17H22N2O2S. The van der Waals surface area contributed by atoms with Crippen LogP contribution in [0.2, 0.25) is 0 Å². The van der Waals surface area contributed by atoms with Gasteiger partial charge in [0, 0.05) is 16.9 Å². The van der Waals surface area contributed by atoms with E-state index in [2.05, 4.69) is 16.4 Å². The molecule has 1 amide bonds. The van der Waals surface area contributed by atoms with Gasteiger partial charge in [-0.3, -0.25) is 4.79 Å². The van der Waals surface area contributed by atoms with Crippen molar-refractivity contribution in [3.63, 3.8) is 0 Å². The van der Waals surface area contributed by atoms with Gasteiger partial charge in [-0.15, -0.1) is 11.3 Å². The topological polar surface area (TPSA) is 51.2 Å². The van der Waals surface area contributed by atoms with Gasteiger partial charge in [0.15, 0.2) is 5.13 Å². The van der Waals surface area contributed by atoms with Crippen LogP contribution in [-0.2, 0) is 4.79 Å². The zero-order valence-corrected chi connectivity index (χ0v) is 14.5. The molecule has 0 aliphatic carbocycles. The Balaban J connectivity index is 2.23. The van der Waals surface area contributed by atoms with Crippen LogP contribution in [0.15, 0.2) is 18.2 Å². The van der Waals surface area contributed by atoms with Crippen LogP contribution < -0.4 is 10.1 Å². The lowest BCUT2D eigenvalue weighted by Gasteiger charge is -2.06. The van der Waals surface area contributed by atoms with Crippen molar-refractivity contribution in [2.45, 2.75) is 34.1 Å². The summed E-state index contributed by atoms with van der Waals surface area (Å²) in [6, 6.07) is 5.99. The van der Waals surface area contributed by atoms with Gasteiger partial charge in [-0.1, -0.05) is 13.8 Å². The number of methoxy groups -OCH3 is 1. The van der Waals surface area contributed by atoms with Crippen molar-refractivity contribution in [3.05, 3.63) is 28.6 Å². The molecule has 5 heteroatoms. The average Bonchev–Trinajstić information content (AvgIpc) is 2.78. The number of amides is 1. The molecule has 118 valence electrons. The number of rotatable bonds is 5. The fourth-order valence-corrected chi connectivity index (χ4v) is 3.14. The van der Waals surface area contributed by atoms with Gasteiger partial charge in [0.25, 0.3) is 0 Å². The molecule has 4 nitrogen and oxygen atoms in total. The third-order valence-electron chi connectivity index (χ3n) is 3.30. The van der Waals surface area contributed by atoms with E-state index in [1.807, 2.05) is 39.8 Å². The molecule has 1 heterocycles. The number of hydrogen-bond acceptors (Lipinski definition) is 4. The Bertz CT molecular complexity index is 677. The van der Waals surface area contributed by atoms with E-state index in [1.165, 1.54) is 11.3 Å². The number of thiazole rings is 1. The highest BCUT2D eigenvalue weighted by Gasteiger charge is 2.13. The lowest BCUT2D eigenvalue weighted by atomic mass is 10.1. The largest absolute Gasteiger partial charge is 0.496 e. The average molecular weight is 318 g/mol. The second kappa shape index (κ2) is 6.92. The minimum atomic E-state index is 0.0150. The molecule has 1 N–H and O–H groups in total. The monoisotopic (exact) mass is 318 g/mol. The molecule has 0 aliphatic rings. The maximum atomic E-state index is 11.9. The van der Waals surface area contributed by atoms with Gasteiger partial charge < -0.3 is 10.1 Å². The van der Waals surface area contributed by atoms with Crippen molar-refractivity contribution < 1.29 is 9.53 Å². The van der Waals surface area contributed by atoms with E-state index >= 15 is 0 Å². The molecule has 0 saturated heterocycles. The maximum Gasteiger partial charge on any atom is 0.226 e. The van der Waals surface area contributed by atoms with Gasteiger partial charge in [-0.2, -0.15) is 0 Å². The summed E-state index contributed by atoms with van der Waals surface area (Å²) in [5.41, 5.74) is 3.02. The first-order valence-electron chi connectivity index (χ1n) is 7.33. The number of anilines is 1. The van der Waals surface area contributed by atoms with Crippen molar-refractivity contribution in [3.8, 4) is 17.0 Å². The van der Waals surface area contributed by atoms with Crippen LogP contribution in [-0.4, -0.2) is 18.0 Å². The van der Waals surface area contributed by atoms with E-state index in [9.17, 15) is 4.79 Å². The summed E-state index contributed by atoms with van der Waals surface area (Å²) in [5.74, 6) is 1.22. The Kier molecular flexibility index (Phi) is 5.19. The lowest BCUT2D eigenvalue weighted by Crippen LogP contribution is -2.13. The number of carbonyl (C=O) groups is 1. The summed E-state index contributed by atoms with van der Waals surface area (Å²) in [6.07, 6.45) is 0.510. The first-order valence-corrected chi connectivity index (χ1v) is 8.14. The fourth-order valence-electron chi connectivity index (χ4n) is 2.28. The number of nitrogens with zero attached hydrogens (tertiary/aromatic N) is 1. The molecule has 0 radical (unpaired) electrons. The maximum absolute atomic E-state index is 11.9. The molecular weight excluding hydrogens is 296 g/mol. The van der Waals surface area contributed by atoms with Crippen molar-refractivity contribution in [1.29, 1.82) is 0 Å². The molecule has 2 aromatic rings. The predicted molar refractivity (Wildman–Crippen MR) is 91.7 cm³/mol. The number of aryl methyl sites for hydroxylation is 2. The number of carbonyl (C=O) groups excluding carboxylic acids is 1. The molecule has 0 saturated carbocycles. The number of hydrogen-bond donors (Lipinski definition) is 1. The van der Waals surface area contributed by atoms with Gasteiger partial charge in [0.1, 0.15) is 5.75 Å². The highest BCUT2D eigenvalue weighted by Crippen LogP contribution is 2.32. The van der Waals surface area contributed by atoms with Gasteiger partial charge in [-0.05, 0) is 43.5 Å².